The van der Waals surface area contributed by atoms with E-state index >= 15 is 0 Å². The molecule has 0 saturated carbocycles. The van der Waals surface area contributed by atoms with E-state index in [9.17, 15) is 14.7 Å². The summed E-state index contributed by atoms with van der Waals surface area (Å²) in [6.45, 7) is 1.76. The molecular weight excluding hydrogens is 352 g/mol. The molecule has 0 spiro atoms. The lowest BCUT2D eigenvalue weighted by Crippen LogP contribution is -2.06. The summed E-state index contributed by atoms with van der Waals surface area (Å²) in [6, 6.07) is 15.6. The van der Waals surface area contributed by atoms with Gasteiger partial charge in [0.2, 0.25) is 0 Å². The molecule has 2 aromatic carbocycles. The smallest absolute Gasteiger partial charge is 0.354 e. The molecule has 1 aromatic heterocycles. The summed E-state index contributed by atoms with van der Waals surface area (Å²) in [7, 11) is 1.31. The lowest BCUT2D eigenvalue weighted by molar-refractivity contribution is 0.0599. The normalized spacial score (nSPS) is 10.5. The van der Waals surface area contributed by atoms with Crippen molar-refractivity contribution in [2.24, 2.45) is 0 Å². The predicted molar refractivity (Wildman–Crippen MR) is 98.7 cm³/mol. The van der Waals surface area contributed by atoms with Crippen molar-refractivity contribution < 1.29 is 19.1 Å². The molecule has 0 bridgehead atoms. The van der Waals surface area contributed by atoms with Crippen LogP contribution in [0.5, 0.6) is 5.75 Å². The second kappa shape index (κ2) is 7.49. The van der Waals surface area contributed by atoms with Gasteiger partial charge in [-0.2, -0.15) is 0 Å². The predicted octanol–water partition coefficient (Wildman–Crippen LogP) is 4.26. The number of methoxy groups -OCH3 is 1. The minimum Gasteiger partial charge on any atom is -0.506 e. The number of rotatable bonds is 4. The SMILES string of the molecule is COC(=O)c1cccc(Sc2c(O)cc(-c3ccccc3)oc2=O)c1C. The Morgan fingerprint density at radius 2 is 1.85 bits per heavy atom. The van der Waals surface area contributed by atoms with Crippen LogP contribution in [0.1, 0.15) is 15.9 Å². The van der Waals surface area contributed by atoms with Crippen LogP contribution in [0, 0.1) is 6.92 Å². The molecule has 3 aromatic rings. The Kier molecular flexibility index (Phi) is 5.14. The van der Waals surface area contributed by atoms with E-state index in [4.69, 9.17) is 9.15 Å². The molecule has 132 valence electrons. The maximum atomic E-state index is 12.4. The van der Waals surface area contributed by atoms with E-state index < -0.39 is 11.6 Å². The Hall–Kier alpha value is -2.99. The van der Waals surface area contributed by atoms with Crippen molar-refractivity contribution in [3.8, 4) is 17.1 Å². The first kappa shape index (κ1) is 17.8. The number of ether oxygens (including phenoxy) is 1. The van der Waals surface area contributed by atoms with Gasteiger partial charge in [0.05, 0.1) is 12.7 Å². The molecule has 1 heterocycles. The third-order valence-corrected chi connectivity index (χ3v) is 5.09. The van der Waals surface area contributed by atoms with Crippen LogP contribution in [0.2, 0.25) is 0 Å². The molecule has 0 aliphatic rings. The fourth-order valence-corrected chi connectivity index (χ4v) is 3.39. The second-order valence-corrected chi connectivity index (χ2v) is 6.55. The first-order chi connectivity index (χ1) is 12.5. The Morgan fingerprint density at radius 3 is 2.50 bits per heavy atom. The van der Waals surface area contributed by atoms with Crippen molar-refractivity contribution in [1.82, 2.24) is 0 Å². The summed E-state index contributed by atoms with van der Waals surface area (Å²) >= 11 is 1.05. The van der Waals surface area contributed by atoms with Gasteiger partial charge in [-0.3, -0.25) is 0 Å². The summed E-state index contributed by atoms with van der Waals surface area (Å²) in [6.07, 6.45) is 0. The summed E-state index contributed by atoms with van der Waals surface area (Å²) < 4.78 is 10.1. The van der Waals surface area contributed by atoms with Gasteiger partial charge < -0.3 is 14.3 Å². The molecule has 0 atom stereocenters. The van der Waals surface area contributed by atoms with Crippen LogP contribution < -0.4 is 5.63 Å². The zero-order valence-corrected chi connectivity index (χ0v) is 15.0. The third kappa shape index (κ3) is 3.50. The monoisotopic (exact) mass is 368 g/mol. The first-order valence-electron chi connectivity index (χ1n) is 7.79. The Labute approximate surface area is 154 Å². The summed E-state index contributed by atoms with van der Waals surface area (Å²) in [5, 5.41) is 10.3. The molecule has 0 amide bonds. The van der Waals surface area contributed by atoms with E-state index in [0.717, 1.165) is 11.8 Å². The minimum absolute atomic E-state index is 0.0646. The number of hydrogen-bond donors (Lipinski definition) is 1. The molecule has 0 aliphatic carbocycles. The molecule has 5 nitrogen and oxygen atoms in total. The fourth-order valence-electron chi connectivity index (χ4n) is 2.47. The van der Waals surface area contributed by atoms with E-state index in [2.05, 4.69) is 0 Å². The van der Waals surface area contributed by atoms with Crippen LogP contribution in [0.25, 0.3) is 11.3 Å². The van der Waals surface area contributed by atoms with E-state index in [1.165, 1.54) is 13.2 Å². The van der Waals surface area contributed by atoms with Crippen molar-refractivity contribution in [2.45, 2.75) is 16.7 Å². The Bertz CT molecular complexity index is 1010. The van der Waals surface area contributed by atoms with Crippen molar-refractivity contribution in [3.05, 3.63) is 76.1 Å². The van der Waals surface area contributed by atoms with Gasteiger partial charge in [0.15, 0.2) is 0 Å². The van der Waals surface area contributed by atoms with E-state index in [-0.39, 0.29) is 16.4 Å². The van der Waals surface area contributed by atoms with Gasteiger partial charge in [-0.1, -0.05) is 48.2 Å². The number of aromatic hydroxyl groups is 1. The van der Waals surface area contributed by atoms with Gasteiger partial charge in [-0.05, 0) is 24.6 Å². The van der Waals surface area contributed by atoms with E-state index in [1.54, 1.807) is 37.3 Å². The van der Waals surface area contributed by atoms with Gasteiger partial charge in [0.25, 0.3) is 0 Å². The molecule has 0 saturated heterocycles. The molecule has 1 N–H and O–H groups in total. The van der Waals surface area contributed by atoms with Crippen LogP contribution in [0.3, 0.4) is 0 Å². The molecule has 6 heteroatoms. The average molecular weight is 368 g/mol. The van der Waals surface area contributed by atoms with Crippen LogP contribution in [-0.2, 0) is 4.74 Å². The highest BCUT2D eigenvalue weighted by atomic mass is 32.2. The number of esters is 1. The van der Waals surface area contributed by atoms with Crippen molar-refractivity contribution >= 4 is 17.7 Å². The van der Waals surface area contributed by atoms with Crippen molar-refractivity contribution in [1.29, 1.82) is 0 Å². The van der Waals surface area contributed by atoms with Crippen LogP contribution in [-0.4, -0.2) is 18.2 Å². The average Bonchev–Trinajstić information content (AvgIpc) is 2.65. The maximum absolute atomic E-state index is 12.4. The number of benzene rings is 2. The molecule has 3 rings (SSSR count). The van der Waals surface area contributed by atoms with Gasteiger partial charge in [-0.25, -0.2) is 9.59 Å². The summed E-state index contributed by atoms with van der Waals surface area (Å²) in [5.74, 6) is -0.342. The zero-order valence-electron chi connectivity index (χ0n) is 14.2. The molecule has 26 heavy (non-hydrogen) atoms. The van der Waals surface area contributed by atoms with Gasteiger partial charge in [0, 0.05) is 16.5 Å². The van der Waals surface area contributed by atoms with E-state index in [1.807, 2.05) is 18.2 Å². The highest BCUT2D eigenvalue weighted by Crippen LogP contribution is 2.36. The van der Waals surface area contributed by atoms with Crippen LogP contribution in [0.4, 0.5) is 0 Å². The van der Waals surface area contributed by atoms with Crippen molar-refractivity contribution in [3.63, 3.8) is 0 Å². The Balaban J connectivity index is 1.99. The van der Waals surface area contributed by atoms with Gasteiger partial charge in [-0.15, -0.1) is 0 Å². The Morgan fingerprint density at radius 1 is 1.12 bits per heavy atom. The molecule has 0 aliphatic heterocycles. The highest BCUT2D eigenvalue weighted by Gasteiger charge is 2.17. The fraction of sp³-hybridized carbons (Fsp3) is 0.100. The van der Waals surface area contributed by atoms with Crippen LogP contribution >= 0.6 is 11.8 Å². The summed E-state index contributed by atoms with van der Waals surface area (Å²) in [5.41, 5.74) is 1.12. The highest BCUT2D eigenvalue weighted by molar-refractivity contribution is 7.99. The van der Waals surface area contributed by atoms with Crippen LogP contribution in [0.15, 0.2) is 73.6 Å². The van der Waals surface area contributed by atoms with Crippen molar-refractivity contribution in [2.75, 3.05) is 7.11 Å². The third-order valence-electron chi connectivity index (χ3n) is 3.85. The lowest BCUT2D eigenvalue weighted by atomic mass is 10.1. The topological polar surface area (TPSA) is 76.7 Å². The molecular formula is C20H16O5S. The molecule has 0 unspecified atom stereocenters. The van der Waals surface area contributed by atoms with Gasteiger partial charge in [0.1, 0.15) is 16.4 Å². The quantitative estimate of drug-likeness (QED) is 0.694. The largest absolute Gasteiger partial charge is 0.506 e. The molecule has 0 radical (unpaired) electrons. The van der Waals surface area contributed by atoms with E-state index in [0.29, 0.717) is 21.6 Å². The maximum Gasteiger partial charge on any atom is 0.354 e. The second-order valence-electron chi connectivity index (χ2n) is 5.50. The minimum atomic E-state index is -0.642. The number of hydrogen-bond acceptors (Lipinski definition) is 6. The number of carbonyl (C=O) groups excluding carboxylic acids is 1. The molecule has 0 fully saturated rings. The number of carbonyl (C=O) groups is 1. The summed E-state index contributed by atoms with van der Waals surface area (Å²) in [4.78, 5) is 24.9. The first-order valence-corrected chi connectivity index (χ1v) is 8.61. The lowest BCUT2D eigenvalue weighted by Gasteiger charge is -2.10. The zero-order chi connectivity index (χ0) is 18.7. The standard InChI is InChI=1S/C20H16O5S/c1-12-14(19(22)24-2)9-6-10-17(12)26-18-15(21)11-16(25-20(18)23)13-7-4-3-5-8-13/h3-11,21H,1-2H3. The van der Waals surface area contributed by atoms with Gasteiger partial charge >= 0.3 is 11.6 Å².